The van der Waals surface area contributed by atoms with Crippen LogP contribution in [-0.4, -0.2) is 28.4 Å². The summed E-state index contributed by atoms with van der Waals surface area (Å²) in [5.74, 6) is -0.967. The van der Waals surface area contributed by atoms with Crippen LogP contribution in [-0.2, 0) is 9.59 Å². The van der Waals surface area contributed by atoms with E-state index in [0.29, 0.717) is 13.0 Å². The van der Waals surface area contributed by atoms with Gasteiger partial charge in [0.1, 0.15) is 0 Å². The Morgan fingerprint density at radius 3 is 2.75 bits per heavy atom. The third kappa shape index (κ3) is 1.84. The van der Waals surface area contributed by atoms with E-state index in [2.05, 4.69) is 0 Å². The molecule has 0 aromatic heterocycles. The fourth-order valence-electron chi connectivity index (χ4n) is 1.09. The van der Waals surface area contributed by atoms with Crippen molar-refractivity contribution in [3.8, 4) is 0 Å². The molecule has 4 nitrogen and oxygen atoms in total. The molecular weight excluding hydrogens is 158 g/mol. The number of carbonyl (C=O) groups excluding carboxylic acids is 1. The Hall–Kier alpha value is -1.32. The maximum atomic E-state index is 11.0. The summed E-state index contributed by atoms with van der Waals surface area (Å²) in [4.78, 5) is 22.9. The quantitative estimate of drug-likeness (QED) is 0.616. The first kappa shape index (κ1) is 8.77. The molecule has 1 amide bonds. The highest BCUT2D eigenvalue weighted by atomic mass is 16.4. The number of carbonyl (C=O) groups is 2. The van der Waals surface area contributed by atoms with Crippen LogP contribution in [0.1, 0.15) is 19.8 Å². The number of hydrogen-bond donors (Lipinski definition) is 1. The van der Waals surface area contributed by atoms with Crippen molar-refractivity contribution in [3.05, 3.63) is 11.8 Å². The summed E-state index contributed by atoms with van der Waals surface area (Å²) in [6.07, 6.45) is 2.75. The van der Waals surface area contributed by atoms with E-state index >= 15 is 0 Å². The van der Waals surface area contributed by atoms with E-state index < -0.39 is 5.97 Å². The highest BCUT2D eigenvalue weighted by Gasteiger charge is 2.18. The van der Waals surface area contributed by atoms with Gasteiger partial charge in [-0.15, -0.1) is 0 Å². The predicted molar refractivity (Wildman–Crippen MR) is 42.3 cm³/mol. The van der Waals surface area contributed by atoms with Crippen molar-refractivity contribution in [2.75, 3.05) is 6.54 Å². The molecule has 0 spiro atoms. The topological polar surface area (TPSA) is 57.6 Å². The molecule has 0 radical (unpaired) electrons. The lowest BCUT2D eigenvalue weighted by Gasteiger charge is -2.09. The summed E-state index contributed by atoms with van der Waals surface area (Å²) in [7, 11) is 0. The summed E-state index contributed by atoms with van der Waals surface area (Å²) in [5, 5.41) is 8.52. The van der Waals surface area contributed by atoms with E-state index in [1.807, 2.05) is 0 Å². The van der Waals surface area contributed by atoms with Gasteiger partial charge in [-0.25, -0.2) is 4.79 Å². The van der Waals surface area contributed by atoms with Gasteiger partial charge in [0.25, 0.3) is 0 Å². The zero-order valence-corrected chi connectivity index (χ0v) is 6.91. The Morgan fingerprint density at radius 1 is 1.67 bits per heavy atom. The lowest BCUT2D eigenvalue weighted by Crippen LogP contribution is -2.19. The van der Waals surface area contributed by atoms with Crippen molar-refractivity contribution in [1.29, 1.82) is 0 Å². The van der Waals surface area contributed by atoms with Gasteiger partial charge in [0.05, 0.1) is 5.57 Å². The lowest BCUT2D eigenvalue weighted by molar-refractivity contribution is -0.132. The van der Waals surface area contributed by atoms with Gasteiger partial charge in [-0.3, -0.25) is 4.79 Å². The Bertz CT molecular complexity index is 245. The fraction of sp³-hybridized carbons (Fsp3) is 0.500. The van der Waals surface area contributed by atoms with Crippen molar-refractivity contribution < 1.29 is 14.7 Å². The van der Waals surface area contributed by atoms with E-state index in [1.165, 1.54) is 18.0 Å². The molecule has 0 aromatic rings. The number of carboxylic acids is 1. The molecule has 1 aliphatic heterocycles. The Morgan fingerprint density at radius 2 is 2.33 bits per heavy atom. The summed E-state index contributed by atoms with van der Waals surface area (Å²) in [5.41, 5.74) is 0.199. The Kier molecular flexibility index (Phi) is 2.47. The number of hydrogen-bond acceptors (Lipinski definition) is 2. The normalized spacial score (nSPS) is 18.6. The summed E-state index contributed by atoms with van der Waals surface area (Å²) >= 11 is 0. The number of carboxylic acid groups (broad SMARTS) is 1. The van der Waals surface area contributed by atoms with Crippen molar-refractivity contribution in [2.45, 2.75) is 19.8 Å². The van der Waals surface area contributed by atoms with Crippen LogP contribution >= 0.6 is 0 Å². The van der Waals surface area contributed by atoms with E-state index in [0.717, 1.165) is 6.42 Å². The number of likely N-dealkylation sites (tertiary alicyclic amines) is 1. The van der Waals surface area contributed by atoms with Crippen molar-refractivity contribution in [1.82, 2.24) is 4.90 Å². The fourth-order valence-corrected chi connectivity index (χ4v) is 1.09. The van der Waals surface area contributed by atoms with E-state index in [-0.39, 0.29) is 11.5 Å². The van der Waals surface area contributed by atoms with Gasteiger partial charge >= 0.3 is 5.97 Å². The highest BCUT2D eigenvalue weighted by Crippen LogP contribution is 2.11. The van der Waals surface area contributed by atoms with Gasteiger partial charge in [0, 0.05) is 19.2 Å². The molecule has 0 saturated carbocycles. The molecule has 1 fully saturated rings. The van der Waals surface area contributed by atoms with Gasteiger partial charge < -0.3 is 10.0 Å². The maximum absolute atomic E-state index is 11.0. The van der Waals surface area contributed by atoms with E-state index in [4.69, 9.17) is 5.11 Å². The van der Waals surface area contributed by atoms with E-state index in [9.17, 15) is 9.59 Å². The van der Waals surface area contributed by atoms with Crippen LogP contribution < -0.4 is 0 Å². The van der Waals surface area contributed by atoms with Crippen molar-refractivity contribution >= 4 is 11.9 Å². The number of amides is 1. The van der Waals surface area contributed by atoms with Crippen molar-refractivity contribution in [3.63, 3.8) is 0 Å². The van der Waals surface area contributed by atoms with Crippen LogP contribution in [0.15, 0.2) is 11.8 Å². The molecule has 1 heterocycles. The molecule has 0 atom stereocenters. The molecule has 1 aliphatic rings. The molecule has 0 unspecified atom stereocenters. The summed E-state index contributed by atoms with van der Waals surface area (Å²) < 4.78 is 0. The first-order chi connectivity index (χ1) is 5.61. The van der Waals surface area contributed by atoms with Crippen LogP contribution in [0, 0.1) is 0 Å². The van der Waals surface area contributed by atoms with Crippen LogP contribution in [0.5, 0.6) is 0 Å². The standard InChI is InChI=1S/C8H11NO3/c1-6(8(11)12)5-9-4-2-3-7(9)10/h5H,2-4H2,1H3,(H,11,12). The molecule has 1 N–H and O–H groups in total. The molecule has 0 aromatic carbocycles. The molecule has 12 heavy (non-hydrogen) atoms. The molecule has 1 saturated heterocycles. The average molecular weight is 169 g/mol. The average Bonchev–Trinajstić information content (AvgIpc) is 2.36. The molecule has 0 bridgehead atoms. The first-order valence-electron chi connectivity index (χ1n) is 3.82. The second kappa shape index (κ2) is 3.38. The van der Waals surface area contributed by atoms with Gasteiger partial charge in [0.2, 0.25) is 5.91 Å². The summed E-state index contributed by atoms with van der Waals surface area (Å²) in [6, 6.07) is 0. The van der Waals surface area contributed by atoms with Crippen LogP contribution in [0.2, 0.25) is 0 Å². The monoisotopic (exact) mass is 169 g/mol. The molecule has 0 aliphatic carbocycles. The number of nitrogens with zero attached hydrogens (tertiary/aromatic N) is 1. The zero-order chi connectivity index (χ0) is 9.14. The van der Waals surface area contributed by atoms with Crippen LogP contribution in [0.4, 0.5) is 0 Å². The van der Waals surface area contributed by atoms with Gasteiger partial charge in [-0.05, 0) is 13.3 Å². The molecule has 4 heteroatoms. The minimum atomic E-state index is -0.977. The molecular formula is C8H11NO3. The largest absolute Gasteiger partial charge is 0.478 e. The SMILES string of the molecule is CC(=CN1CCCC1=O)C(=O)O. The van der Waals surface area contributed by atoms with Gasteiger partial charge in [-0.2, -0.15) is 0 Å². The lowest BCUT2D eigenvalue weighted by atomic mass is 10.3. The third-order valence-corrected chi connectivity index (χ3v) is 1.80. The van der Waals surface area contributed by atoms with Gasteiger partial charge in [0.15, 0.2) is 0 Å². The Balaban J connectivity index is 2.66. The third-order valence-electron chi connectivity index (χ3n) is 1.80. The summed E-state index contributed by atoms with van der Waals surface area (Å²) in [6.45, 7) is 2.12. The van der Waals surface area contributed by atoms with Gasteiger partial charge in [-0.1, -0.05) is 0 Å². The minimum Gasteiger partial charge on any atom is -0.478 e. The van der Waals surface area contributed by atoms with Crippen LogP contribution in [0.25, 0.3) is 0 Å². The maximum Gasteiger partial charge on any atom is 0.332 e. The Labute approximate surface area is 70.5 Å². The zero-order valence-electron chi connectivity index (χ0n) is 6.91. The molecule has 1 rings (SSSR count). The smallest absolute Gasteiger partial charge is 0.332 e. The van der Waals surface area contributed by atoms with Crippen LogP contribution in [0.3, 0.4) is 0 Å². The van der Waals surface area contributed by atoms with E-state index in [1.54, 1.807) is 0 Å². The molecule has 66 valence electrons. The highest BCUT2D eigenvalue weighted by molar-refractivity contribution is 5.87. The number of rotatable bonds is 2. The van der Waals surface area contributed by atoms with Crippen molar-refractivity contribution in [2.24, 2.45) is 0 Å². The number of aliphatic carboxylic acids is 1. The second-order valence-corrected chi connectivity index (χ2v) is 2.81. The second-order valence-electron chi connectivity index (χ2n) is 2.81. The predicted octanol–water partition coefficient (Wildman–Crippen LogP) is 0.597. The minimum absolute atomic E-state index is 0.00981. The first-order valence-corrected chi connectivity index (χ1v) is 3.82.